The second-order valence-electron chi connectivity index (χ2n) is 6.38. The van der Waals surface area contributed by atoms with Crippen molar-refractivity contribution in [1.82, 2.24) is 0 Å². The molecule has 23 heavy (non-hydrogen) atoms. The monoisotopic (exact) mass is 326 g/mol. The minimum absolute atomic E-state index is 0.0218. The first-order chi connectivity index (χ1) is 11.0. The van der Waals surface area contributed by atoms with Crippen LogP contribution in [0.4, 0.5) is 0 Å². The number of carboxylic acids is 1. The molecule has 0 saturated carbocycles. The molecular formula is C19H34O4. The zero-order valence-corrected chi connectivity index (χ0v) is 14.8. The first-order valence-electron chi connectivity index (χ1n) is 9.04. The van der Waals surface area contributed by atoms with Gasteiger partial charge in [0.05, 0.1) is 6.10 Å². The van der Waals surface area contributed by atoms with Gasteiger partial charge in [0, 0.05) is 12.3 Å². The van der Waals surface area contributed by atoms with Gasteiger partial charge in [-0.1, -0.05) is 57.6 Å². The molecule has 0 unspecified atom stereocenters. The Morgan fingerprint density at radius 2 is 1.65 bits per heavy atom. The molecule has 0 radical (unpaired) electrons. The third-order valence-electron chi connectivity index (χ3n) is 4.15. The van der Waals surface area contributed by atoms with Crippen molar-refractivity contribution >= 4 is 11.8 Å². The largest absolute Gasteiger partial charge is 0.481 e. The van der Waals surface area contributed by atoms with Gasteiger partial charge in [0.1, 0.15) is 5.78 Å². The highest BCUT2D eigenvalue weighted by molar-refractivity contribution is 5.78. The average Bonchev–Trinajstić information content (AvgIpc) is 2.48. The molecule has 0 aromatic heterocycles. The fraction of sp³-hybridized carbons (Fsp3) is 0.789. The topological polar surface area (TPSA) is 74.6 Å². The number of allylic oxidation sites excluding steroid dienone is 1. The third kappa shape index (κ3) is 14.2. The molecule has 0 rings (SSSR count). The maximum Gasteiger partial charge on any atom is 0.303 e. The van der Waals surface area contributed by atoms with Gasteiger partial charge >= 0.3 is 5.97 Å². The van der Waals surface area contributed by atoms with Crippen molar-refractivity contribution < 1.29 is 19.8 Å². The minimum Gasteiger partial charge on any atom is -0.481 e. The van der Waals surface area contributed by atoms with E-state index in [1.165, 1.54) is 0 Å². The van der Waals surface area contributed by atoms with Crippen molar-refractivity contribution in [2.45, 2.75) is 90.6 Å². The maximum atomic E-state index is 11.7. The standard InChI is InChI=1S/C19H34O4/c1-3-4-7-13-18(21)14-10-12-17(16(2)20)11-8-5-6-9-15-19(22)23/h10,14,17-18,21H,3-9,11-13,15H2,1-2H3,(H,22,23)/b14-10+/t17-,18-/m1/s1. The molecule has 0 fully saturated rings. The summed E-state index contributed by atoms with van der Waals surface area (Å²) in [5.74, 6) is -0.525. The first kappa shape index (κ1) is 21.8. The van der Waals surface area contributed by atoms with Gasteiger partial charge in [-0.15, -0.1) is 0 Å². The molecule has 0 spiro atoms. The molecule has 0 aliphatic carbocycles. The molecule has 0 saturated heterocycles. The highest BCUT2D eigenvalue weighted by Gasteiger charge is 2.12. The van der Waals surface area contributed by atoms with Gasteiger partial charge in [-0.25, -0.2) is 0 Å². The van der Waals surface area contributed by atoms with Gasteiger partial charge in [-0.2, -0.15) is 0 Å². The zero-order chi connectivity index (χ0) is 17.5. The Hall–Kier alpha value is -1.16. The molecule has 4 nitrogen and oxygen atoms in total. The number of carbonyl (C=O) groups excluding carboxylic acids is 1. The van der Waals surface area contributed by atoms with E-state index in [1.807, 2.05) is 12.2 Å². The number of aliphatic hydroxyl groups excluding tert-OH is 1. The lowest BCUT2D eigenvalue weighted by Gasteiger charge is -2.11. The fourth-order valence-electron chi connectivity index (χ4n) is 2.61. The number of hydrogen-bond acceptors (Lipinski definition) is 3. The van der Waals surface area contributed by atoms with Crippen molar-refractivity contribution in [2.24, 2.45) is 5.92 Å². The summed E-state index contributed by atoms with van der Waals surface area (Å²) in [7, 11) is 0. The van der Waals surface area contributed by atoms with Crippen molar-refractivity contribution in [3.05, 3.63) is 12.2 Å². The molecule has 0 aliphatic rings. The van der Waals surface area contributed by atoms with E-state index in [1.54, 1.807) is 6.92 Å². The fourth-order valence-corrected chi connectivity index (χ4v) is 2.61. The number of aliphatic carboxylic acids is 1. The van der Waals surface area contributed by atoms with Gasteiger partial charge in [0.15, 0.2) is 0 Å². The number of Topliss-reactive ketones (excluding diaryl/α,β-unsaturated/α-hetero) is 1. The van der Waals surface area contributed by atoms with Gasteiger partial charge < -0.3 is 10.2 Å². The second-order valence-corrected chi connectivity index (χ2v) is 6.38. The Balaban J connectivity index is 3.89. The first-order valence-corrected chi connectivity index (χ1v) is 9.04. The van der Waals surface area contributed by atoms with Crippen LogP contribution >= 0.6 is 0 Å². The number of unbranched alkanes of at least 4 members (excludes halogenated alkanes) is 5. The Labute approximate surface area is 141 Å². The predicted octanol–water partition coefficient (Wildman–Crippen LogP) is 4.50. The molecule has 134 valence electrons. The number of rotatable bonds is 15. The van der Waals surface area contributed by atoms with Crippen LogP contribution in [-0.2, 0) is 9.59 Å². The SMILES string of the molecule is CCCCC[C@@H](O)/C=C/C[C@@H](CCCCCCC(=O)O)C(C)=O. The van der Waals surface area contributed by atoms with Crippen LogP contribution in [0.2, 0.25) is 0 Å². The third-order valence-corrected chi connectivity index (χ3v) is 4.15. The lowest BCUT2D eigenvalue weighted by atomic mass is 9.93. The summed E-state index contributed by atoms with van der Waals surface area (Å²) < 4.78 is 0. The summed E-state index contributed by atoms with van der Waals surface area (Å²) in [4.78, 5) is 22.1. The van der Waals surface area contributed by atoms with Gasteiger partial charge in [0.2, 0.25) is 0 Å². The number of ketones is 1. The molecule has 0 aliphatic heterocycles. The Bertz CT molecular complexity index is 349. The smallest absolute Gasteiger partial charge is 0.303 e. The summed E-state index contributed by atoms with van der Waals surface area (Å²) in [6.45, 7) is 3.77. The minimum atomic E-state index is -0.741. The molecule has 0 bridgehead atoms. The van der Waals surface area contributed by atoms with Crippen LogP contribution in [0.25, 0.3) is 0 Å². The van der Waals surface area contributed by atoms with Crippen LogP contribution in [0, 0.1) is 5.92 Å². The zero-order valence-electron chi connectivity index (χ0n) is 14.8. The maximum absolute atomic E-state index is 11.7. The van der Waals surface area contributed by atoms with Crippen molar-refractivity contribution in [3.63, 3.8) is 0 Å². The summed E-state index contributed by atoms with van der Waals surface area (Å²) in [5.41, 5.74) is 0. The molecule has 2 N–H and O–H groups in total. The molecule has 0 aromatic rings. The molecule has 0 heterocycles. The molecule has 0 amide bonds. The van der Waals surface area contributed by atoms with Gasteiger partial charge in [0.25, 0.3) is 0 Å². The summed E-state index contributed by atoms with van der Waals surface area (Å²) in [6.07, 6.45) is 12.8. The number of hydrogen-bond donors (Lipinski definition) is 2. The predicted molar refractivity (Wildman–Crippen MR) is 93.4 cm³/mol. The molecular weight excluding hydrogens is 292 g/mol. The van der Waals surface area contributed by atoms with E-state index in [-0.39, 0.29) is 18.1 Å². The van der Waals surface area contributed by atoms with Crippen molar-refractivity contribution in [1.29, 1.82) is 0 Å². The lowest BCUT2D eigenvalue weighted by Crippen LogP contribution is -2.10. The van der Waals surface area contributed by atoms with Crippen LogP contribution in [0.1, 0.15) is 84.5 Å². The highest BCUT2D eigenvalue weighted by Crippen LogP contribution is 2.17. The average molecular weight is 326 g/mol. The summed E-state index contributed by atoms with van der Waals surface area (Å²) in [5, 5.41) is 18.4. The van der Waals surface area contributed by atoms with E-state index in [0.29, 0.717) is 12.8 Å². The van der Waals surface area contributed by atoms with Crippen LogP contribution < -0.4 is 0 Å². The quantitative estimate of drug-likeness (QED) is 0.343. The lowest BCUT2D eigenvalue weighted by molar-refractivity contribution is -0.137. The van der Waals surface area contributed by atoms with Crippen LogP contribution in [0.3, 0.4) is 0 Å². The molecule has 2 atom stereocenters. The van der Waals surface area contributed by atoms with Crippen molar-refractivity contribution in [3.8, 4) is 0 Å². The van der Waals surface area contributed by atoms with Gasteiger partial charge in [-0.05, 0) is 32.6 Å². The van der Waals surface area contributed by atoms with Crippen LogP contribution in [-0.4, -0.2) is 28.1 Å². The molecule has 4 heteroatoms. The molecule has 0 aromatic carbocycles. The van der Waals surface area contributed by atoms with E-state index in [2.05, 4.69) is 6.92 Å². The number of carboxylic acid groups (broad SMARTS) is 1. The number of aliphatic hydroxyl groups is 1. The van der Waals surface area contributed by atoms with E-state index in [0.717, 1.165) is 51.4 Å². The van der Waals surface area contributed by atoms with E-state index in [9.17, 15) is 14.7 Å². The van der Waals surface area contributed by atoms with Crippen molar-refractivity contribution in [2.75, 3.05) is 0 Å². The normalized spacial score (nSPS) is 14.0. The van der Waals surface area contributed by atoms with Crippen LogP contribution in [0.5, 0.6) is 0 Å². The van der Waals surface area contributed by atoms with E-state index in [4.69, 9.17) is 5.11 Å². The van der Waals surface area contributed by atoms with E-state index >= 15 is 0 Å². The number of carbonyl (C=O) groups is 2. The summed E-state index contributed by atoms with van der Waals surface area (Å²) >= 11 is 0. The van der Waals surface area contributed by atoms with E-state index < -0.39 is 12.1 Å². The summed E-state index contributed by atoms with van der Waals surface area (Å²) in [6, 6.07) is 0. The Morgan fingerprint density at radius 1 is 1.00 bits per heavy atom. The van der Waals surface area contributed by atoms with Gasteiger partial charge in [-0.3, -0.25) is 9.59 Å². The Kier molecular flexibility index (Phi) is 13.7. The second kappa shape index (κ2) is 14.4. The van der Waals surface area contributed by atoms with Crippen LogP contribution in [0.15, 0.2) is 12.2 Å². The Morgan fingerprint density at radius 3 is 2.26 bits per heavy atom. The highest BCUT2D eigenvalue weighted by atomic mass is 16.4.